The van der Waals surface area contributed by atoms with Crippen molar-refractivity contribution in [3.05, 3.63) is 53.1 Å². The van der Waals surface area contributed by atoms with Crippen molar-refractivity contribution in [3.8, 4) is 11.5 Å². The van der Waals surface area contributed by atoms with Crippen molar-refractivity contribution in [1.82, 2.24) is 10.2 Å². The van der Waals surface area contributed by atoms with Gasteiger partial charge in [-0.25, -0.2) is 9.59 Å². The van der Waals surface area contributed by atoms with Crippen LogP contribution in [-0.2, 0) is 10.2 Å². The second-order valence-corrected chi connectivity index (χ2v) is 10.1. The lowest BCUT2D eigenvalue weighted by atomic mass is 9.65. The first-order chi connectivity index (χ1) is 18.3. The van der Waals surface area contributed by atoms with Gasteiger partial charge in [0, 0.05) is 23.2 Å². The zero-order chi connectivity index (χ0) is 29.0. The lowest BCUT2D eigenvalue weighted by Gasteiger charge is -2.45. The summed E-state index contributed by atoms with van der Waals surface area (Å²) in [6.45, 7) is 5.10. The number of carboxylic acid groups (broad SMARTS) is 1. The monoisotopic (exact) mass is 551 g/mol. The highest BCUT2D eigenvalue weighted by molar-refractivity contribution is 5.91. The molecule has 0 aromatic heterocycles. The summed E-state index contributed by atoms with van der Waals surface area (Å²) in [7, 11) is 5.56. The molecule has 2 amide bonds. The van der Waals surface area contributed by atoms with Crippen molar-refractivity contribution in [3.63, 3.8) is 0 Å². The normalized spacial score (nSPS) is 22.7. The molecular formula is C28H36F3N3O5. The number of fused-ring (bicyclic) bond motifs is 1. The number of likely N-dealkylation sites (N-methyl/N-ethyl adjacent to an activating group) is 1. The van der Waals surface area contributed by atoms with E-state index >= 15 is 0 Å². The first-order valence-electron chi connectivity index (χ1n) is 12.7. The van der Waals surface area contributed by atoms with Gasteiger partial charge in [-0.2, -0.15) is 13.2 Å². The third-order valence-electron chi connectivity index (χ3n) is 7.78. The summed E-state index contributed by atoms with van der Waals surface area (Å²) in [4.78, 5) is 24.1. The number of aryl methyl sites for hydroxylation is 2. The molecule has 39 heavy (non-hydrogen) atoms. The number of carbonyl (C=O) groups excluding carboxylic acids is 1. The number of hydrogen-bond acceptors (Lipinski definition) is 5. The van der Waals surface area contributed by atoms with Crippen molar-refractivity contribution in [1.29, 1.82) is 0 Å². The molecule has 1 aliphatic heterocycles. The van der Waals surface area contributed by atoms with Gasteiger partial charge in [-0.1, -0.05) is 24.3 Å². The van der Waals surface area contributed by atoms with E-state index in [1.807, 2.05) is 38.1 Å². The summed E-state index contributed by atoms with van der Waals surface area (Å²) >= 11 is 0. The summed E-state index contributed by atoms with van der Waals surface area (Å²) in [5, 5.41) is 13.4. The second-order valence-electron chi connectivity index (χ2n) is 10.1. The Balaban J connectivity index is 0.000000532. The van der Waals surface area contributed by atoms with Gasteiger partial charge < -0.3 is 30.1 Å². The minimum atomic E-state index is -5.08. The SMILES string of the molecule is COc1ccc([C@@]23CC[C@@H](NC(=O)Nc4c(C)cccc4C)C[C@@H]2N(C)CC3)cc1OC.O=C(O)C(F)(F)F. The maximum Gasteiger partial charge on any atom is 0.490 e. The second kappa shape index (κ2) is 12.1. The number of urea groups is 1. The molecule has 1 heterocycles. The number of para-hydroxylation sites is 1. The number of benzene rings is 2. The molecule has 3 atom stereocenters. The number of ether oxygens (including phenoxy) is 2. The number of rotatable bonds is 5. The number of anilines is 1. The number of amides is 2. The van der Waals surface area contributed by atoms with Gasteiger partial charge >= 0.3 is 18.2 Å². The van der Waals surface area contributed by atoms with Crippen LogP contribution in [0.3, 0.4) is 0 Å². The summed E-state index contributed by atoms with van der Waals surface area (Å²) in [5.74, 6) is -1.22. The Kier molecular flexibility index (Phi) is 9.37. The molecule has 2 fully saturated rings. The first-order valence-corrected chi connectivity index (χ1v) is 12.7. The molecule has 0 radical (unpaired) electrons. The number of carboxylic acids is 1. The third-order valence-corrected chi connectivity index (χ3v) is 7.78. The van der Waals surface area contributed by atoms with Gasteiger partial charge in [-0.05, 0) is 81.9 Å². The minimum Gasteiger partial charge on any atom is -0.493 e. The molecule has 2 aromatic rings. The predicted molar refractivity (Wildman–Crippen MR) is 142 cm³/mol. The molecule has 0 unspecified atom stereocenters. The number of likely N-dealkylation sites (tertiary alicyclic amines) is 1. The van der Waals surface area contributed by atoms with Crippen molar-refractivity contribution >= 4 is 17.7 Å². The molecule has 8 nitrogen and oxygen atoms in total. The Morgan fingerprint density at radius 1 is 1.05 bits per heavy atom. The van der Waals surface area contributed by atoms with Gasteiger partial charge in [0.25, 0.3) is 0 Å². The number of methoxy groups -OCH3 is 2. The molecular weight excluding hydrogens is 515 g/mol. The van der Waals surface area contributed by atoms with E-state index in [9.17, 15) is 18.0 Å². The molecule has 0 bridgehead atoms. The van der Waals surface area contributed by atoms with E-state index in [1.165, 1.54) is 5.56 Å². The maximum absolute atomic E-state index is 12.8. The molecule has 214 valence electrons. The fraction of sp³-hybridized carbons (Fsp3) is 0.500. The fourth-order valence-corrected chi connectivity index (χ4v) is 5.74. The molecule has 2 aromatic carbocycles. The van der Waals surface area contributed by atoms with E-state index in [0.29, 0.717) is 6.04 Å². The van der Waals surface area contributed by atoms with Crippen LogP contribution in [0.5, 0.6) is 11.5 Å². The van der Waals surface area contributed by atoms with Gasteiger partial charge in [0.1, 0.15) is 0 Å². The van der Waals surface area contributed by atoms with Crippen LogP contribution in [-0.4, -0.2) is 68.1 Å². The lowest BCUT2D eigenvalue weighted by molar-refractivity contribution is -0.192. The first kappa shape index (κ1) is 30.1. The minimum absolute atomic E-state index is 0.0789. The van der Waals surface area contributed by atoms with Crippen molar-refractivity contribution in [2.45, 2.75) is 63.2 Å². The Hall–Kier alpha value is -3.47. The van der Waals surface area contributed by atoms with Crippen LogP contribution < -0.4 is 20.1 Å². The number of halogens is 3. The van der Waals surface area contributed by atoms with E-state index in [0.717, 1.165) is 60.5 Å². The Morgan fingerprint density at radius 3 is 2.23 bits per heavy atom. The van der Waals surface area contributed by atoms with Crippen LogP contribution in [0.1, 0.15) is 42.4 Å². The number of hydrogen-bond donors (Lipinski definition) is 3. The molecule has 0 spiro atoms. The molecule has 3 N–H and O–H groups in total. The summed E-state index contributed by atoms with van der Waals surface area (Å²) < 4.78 is 42.8. The summed E-state index contributed by atoms with van der Waals surface area (Å²) in [6, 6.07) is 12.8. The van der Waals surface area contributed by atoms with Crippen LogP contribution in [0.4, 0.5) is 23.7 Å². The molecule has 4 rings (SSSR count). The average Bonchev–Trinajstić information content (AvgIpc) is 3.22. The molecule has 1 aliphatic carbocycles. The molecule has 11 heteroatoms. The Labute approximate surface area is 226 Å². The van der Waals surface area contributed by atoms with Crippen LogP contribution >= 0.6 is 0 Å². The van der Waals surface area contributed by atoms with E-state index in [4.69, 9.17) is 19.4 Å². The lowest BCUT2D eigenvalue weighted by Crippen LogP contribution is -2.52. The number of alkyl halides is 3. The summed E-state index contributed by atoms with van der Waals surface area (Å²) in [5.41, 5.74) is 4.44. The van der Waals surface area contributed by atoms with E-state index in [2.05, 4.69) is 34.7 Å². The molecule has 1 saturated carbocycles. The van der Waals surface area contributed by atoms with Gasteiger partial charge in [-0.15, -0.1) is 0 Å². The Morgan fingerprint density at radius 2 is 1.67 bits per heavy atom. The van der Waals surface area contributed by atoms with Gasteiger partial charge in [-0.3, -0.25) is 0 Å². The van der Waals surface area contributed by atoms with Gasteiger partial charge in [0.05, 0.1) is 14.2 Å². The standard InChI is InChI=1S/C26H35N3O3.C2HF3O2/c1-17-7-6-8-18(2)24(17)28-25(30)27-20-11-12-26(13-14-29(3)23(26)16-20)19-9-10-21(31-4)22(15-19)32-5;3-2(4,5)1(6)7/h6-10,15,20,23H,11-14,16H2,1-5H3,(H2,27,28,30);(H,6,7)/t20-,23+,26+;/m1./s1. The van der Waals surface area contributed by atoms with Crippen LogP contribution in [0, 0.1) is 13.8 Å². The summed E-state index contributed by atoms with van der Waals surface area (Å²) in [6.07, 6.45) is -1.04. The largest absolute Gasteiger partial charge is 0.493 e. The number of carbonyl (C=O) groups is 2. The zero-order valence-corrected chi connectivity index (χ0v) is 22.8. The van der Waals surface area contributed by atoms with Crippen LogP contribution in [0.2, 0.25) is 0 Å². The van der Waals surface area contributed by atoms with Gasteiger partial charge in [0.15, 0.2) is 11.5 Å². The van der Waals surface area contributed by atoms with Crippen molar-refractivity contribution in [2.24, 2.45) is 0 Å². The van der Waals surface area contributed by atoms with E-state index in [-0.39, 0.29) is 17.5 Å². The highest BCUT2D eigenvalue weighted by Gasteiger charge is 2.50. The topological polar surface area (TPSA) is 100 Å². The fourth-order valence-electron chi connectivity index (χ4n) is 5.74. The highest BCUT2D eigenvalue weighted by atomic mass is 19.4. The van der Waals surface area contributed by atoms with Crippen LogP contribution in [0.15, 0.2) is 36.4 Å². The highest BCUT2D eigenvalue weighted by Crippen LogP contribution is 2.49. The third kappa shape index (κ3) is 6.76. The zero-order valence-electron chi connectivity index (χ0n) is 22.8. The number of aliphatic carboxylic acids is 1. The van der Waals surface area contributed by atoms with Gasteiger partial charge in [0.2, 0.25) is 0 Å². The number of nitrogens with one attached hydrogen (secondary N) is 2. The van der Waals surface area contributed by atoms with E-state index < -0.39 is 12.1 Å². The molecule has 1 saturated heterocycles. The number of nitrogens with zero attached hydrogens (tertiary/aromatic N) is 1. The molecule has 2 aliphatic rings. The predicted octanol–water partition coefficient (Wildman–Crippen LogP) is 5.27. The average molecular weight is 552 g/mol. The maximum atomic E-state index is 12.8. The smallest absolute Gasteiger partial charge is 0.490 e. The van der Waals surface area contributed by atoms with Crippen molar-refractivity contribution in [2.75, 3.05) is 33.1 Å². The van der Waals surface area contributed by atoms with Crippen LogP contribution in [0.25, 0.3) is 0 Å². The van der Waals surface area contributed by atoms with E-state index in [1.54, 1.807) is 14.2 Å². The Bertz CT molecular complexity index is 1170. The quantitative estimate of drug-likeness (QED) is 0.468. The van der Waals surface area contributed by atoms with Crippen molar-refractivity contribution < 1.29 is 37.3 Å².